The summed E-state index contributed by atoms with van der Waals surface area (Å²) in [6.07, 6.45) is 1.60. The molecule has 7 nitrogen and oxygen atoms in total. The first kappa shape index (κ1) is 21.2. The van der Waals surface area contributed by atoms with Crippen LogP contribution in [0, 0.1) is 0 Å². The Morgan fingerprint density at radius 3 is 2.32 bits per heavy atom. The summed E-state index contributed by atoms with van der Waals surface area (Å²) in [4.78, 5) is 23.0. The maximum atomic E-state index is 12.2. The lowest BCUT2D eigenvalue weighted by Crippen LogP contribution is -2.56. The number of hydrogen-bond donors (Lipinski definition) is 4. The molecule has 28 heavy (non-hydrogen) atoms. The number of aliphatic hydroxyl groups excluding tert-OH is 1. The van der Waals surface area contributed by atoms with E-state index in [0.717, 1.165) is 19.3 Å². The van der Waals surface area contributed by atoms with E-state index in [1.165, 1.54) is 12.5 Å². The molecule has 0 bridgehead atoms. The Bertz CT molecular complexity index is 764. The maximum absolute atomic E-state index is 12.2. The van der Waals surface area contributed by atoms with Crippen LogP contribution >= 0.6 is 0 Å². The van der Waals surface area contributed by atoms with Gasteiger partial charge in [0.05, 0.1) is 13.2 Å². The fraction of sp³-hybridized carbons (Fsp3) is 0.333. The number of aliphatic hydroxyl groups is 1. The first-order valence-electron chi connectivity index (χ1n) is 9.13. The van der Waals surface area contributed by atoms with Crippen LogP contribution in [0.2, 0.25) is 0 Å². The molecule has 0 saturated heterocycles. The summed E-state index contributed by atoms with van der Waals surface area (Å²) in [6, 6.07) is 17.1. The number of amides is 2. The Labute approximate surface area is 164 Å². The molecule has 0 fully saturated rings. The van der Waals surface area contributed by atoms with Crippen LogP contribution in [0.1, 0.15) is 25.3 Å². The SMILES string of the molecule is C[C@@](CO)(NC(=O)O)C(=O)Nc1ccc(OCCCCc2ccccc2)cc1. The molecule has 2 aromatic carbocycles. The summed E-state index contributed by atoms with van der Waals surface area (Å²) < 4.78 is 5.70. The fourth-order valence-electron chi connectivity index (χ4n) is 2.57. The molecule has 0 heterocycles. The van der Waals surface area contributed by atoms with Gasteiger partial charge in [-0.1, -0.05) is 30.3 Å². The lowest BCUT2D eigenvalue weighted by molar-refractivity contribution is -0.123. The standard InChI is InChI=1S/C21H26N2O5/c1-21(15-24,23-20(26)27)19(25)22-17-10-12-18(13-11-17)28-14-6-5-9-16-7-3-2-4-8-16/h2-4,7-8,10-13,23-24H,5-6,9,14-15H2,1H3,(H,22,25)(H,26,27)/t21-/m0/s1. The van der Waals surface area contributed by atoms with E-state index in [1.54, 1.807) is 24.3 Å². The fourth-order valence-corrected chi connectivity index (χ4v) is 2.57. The minimum Gasteiger partial charge on any atom is -0.494 e. The topological polar surface area (TPSA) is 108 Å². The Balaban J connectivity index is 1.76. The third-order valence-electron chi connectivity index (χ3n) is 4.28. The normalized spacial score (nSPS) is 12.6. The number of ether oxygens (including phenoxy) is 1. The lowest BCUT2D eigenvalue weighted by Gasteiger charge is -2.25. The van der Waals surface area contributed by atoms with Crippen molar-refractivity contribution >= 4 is 17.7 Å². The van der Waals surface area contributed by atoms with Gasteiger partial charge in [-0.15, -0.1) is 0 Å². The van der Waals surface area contributed by atoms with Gasteiger partial charge in [-0.3, -0.25) is 4.79 Å². The average Bonchev–Trinajstić information content (AvgIpc) is 2.69. The van der Waals surface area contributed by atoms with E-state index in [0.29, 0.717) is 18.0 Å². The molecule has 150 valence electrons. The number of carbonyl (C=O) groups is 2. The van der Waals surface area contributed by atoms with Gasteiger partial charge in [-0.2, -0.15) is 0 Å². The van der Waals surface area contributed by atoms with Crippen LogP contribution in [0.3, 0.4) is 0 Å². The zero-order chi connectivity index (χ0) is 20.4. The summed E-state index contributed by atoms with van der Waals surface area (Å²) in [7, 11) is 0. The predicted octanol–water partition coefficient (Wildman–Crippen LogP) is 3.05. The van der Waals surface area contributed by atoms with Crippen molar-refractivity contribution in [3.63, 3.8) is 0 Å². The maximum Gasteiger partial charge on any atom is 0.405 e. The van der Waals surface area contributed by atoms with Crippen LogP contribution in [-0.4, -0.2) is 41.0 Å². The Morgan fingerprint density at radius 1 is 1.04 bits per heavy atom. The van der Waals surface area contributed by atoms with Gasteiger partial charge in [-0.25, -0.2) is 4.79 Å². The number of benzene rings is 2. The van der Waals surface area contributed by atoms with E-state index in [-0.39, 0.29) is 0 Å². The molecule has 0 aliphatic rings. The Morgan fingerprint density at radius 2 is 1.71 bits per heavy atom. The van der Waals surface area contributed by atoms with Gasteiger partial charge in [0.1, 0.15) is 11.3 Å². The monoisotopic (exact) mass is 386 g/mol. The largest absolute Gasteiger partial charge is 0.494 e. The highest BCUT2D eigenvalue weighted by molar-refractivity contribution is 5.99. The second-order valence-electron chi connectivity index (χ2n) is 6.69. The number of carboxylic acid groups (broad SMARTS) is 1. The van der Waals surface area contributed by atoms with Gasteiger partial charge in [-0.05, 0) is 56.0 Å². The van der Waals surface area contributed by atoms with Crippen molar-refractivity contribution in [2.24, 2.45) is 0 Å². The minimum atomic E-state index is -1.63. The predicted molar refractivity (Wildman–Crippen MR) is 107 cm³/mol. The summed E-state index contributed by atoms with van der Waals surface area (Å²) in [6.45, 7) is 1.25. The van der Waals surface area contributed by atoms with Gasteiger partial charge in [0.2, 0.25) is 0 Å². The summed E-state index contributed by atoms with van der Waals surface area (Å²) in [5, 5.41) is 22.7. The van der Waals surface area contributed by atoms with Crippen molar-refractivity contribution in [3.05, 3.63) is 60.2 Å². The molecule has 2 rings (SSSR count). The molecule has 0 saturated carbocycles. The second-order valence-corrected chi connectivity index (χ2v) is 6.69. The number of anilines is 1. The quantitative estimate of drug-likeness (QED) is 0.470. The van der Waals surface area contributed by atoms with E-state index in [1.807, 2.05) is 23.5 Å². The molecule has 0 aliphatic heterocycles. The van der Waals surface area contributed by atoms with E-state index in [4.69, 9.17) is 9.84 Å². The lowest BCUT2D eigenvalue weighted by atomic mass is 10.0. The molecule has 2 aromatic rings. The summed E-state index contributed by atoms with van der Waals surface area (Å²) in [5.41, 5.74) is 0.169. The van der Waals surface area contributed by atoms with E-state index >= 15 is 0 Å². The third kappa shape index (κ3) is 6.59. The minimum absolute atomic E-state index is 0.480. The van der Waals surface area contributed by atoms with Gasteiger partial charge < -0.3 is 25.6 Å². The highest BCUT2D eigenvalue weighted by Crippen LogP contribution is 2.18. The molecule has 0 unspecified atom stereocenters. The molecule has 0 spiro atoms. The highest BCUT2D eigenvalue weighted by atomic mass is 16.5. The first-order valence-corrected chi connectivity index (χ1v) is 9.13. The second kappa shape index (κ2) is 10.3. The number of nitrogens with one attached hydrogen (secondary N) is 2. The molecule has 0 aliphatic carbocycles. The number of rotatable bonds is 10. The summed E-state index contributed by atoms with van der Waals surface area (Å²) in [5.74, 6) is 0.0401. The zero-order valence-electron chi connectivity index (χ0n) is 15.9. The van der Waals surface area contributed by atoms with Crippen LogP contribution < -0.4 is 15.4 Å². The van der Waals surface area contributed by atoms with Crippen molar-refractivity contribution in [1.82, 2.24) is 5.32 Å². The number of unbranched alkanes of at least 4 members (excludes halogenated alkanes) is 1. The van der Waals surface area contributed by atoms with Gasteiger partial charge in [0.25, 0.3) is 5.91 Å². The smallest absolute Gasteiger partial charge is 0.405 e. The molecule has 1 atom stereocenters. The number of hydrogen-bond acceptors (Lipinski definition) is 4. The first-order chi connectivity index (χ1) is 13.4. The molecule has 7 heteroatoms. The molecule has 0 aromatic heterocycles. The van der Waals surface area contributed by atoms with Crippen molar-refractivity contribution in [2.45, 2.75) is 31.7 Å². The van der Waals surface area contributed by atoms with Crippen molar-refractivity contribution < 1.29 is 24.5 Å². The zero-order valence-corrected chi connectivity index (χ0v) is 15.9. The highest BCUT2D eigenvalue weighted by Gasteiger charge is 2.34. The average molecular weight is 386 g/mol. The van der Waals surface area contributed by atoms with Gasteiger partial charge in [0.15, 0.2) is 0 Å². The van der Waals surface area contributed by atoms with Crippen LogP contribution in [0.25, 0.3) is 0 Å². The van der Waals surface area contributed by atoms with E-state index in [2.05, 4.69) is 17.4 Å². The summed E-state index contributed by atoms with van der Waals surface area (Å²) >= 11 is 0. The van der Waals surface area contributed by atoms with Crippen LogP contribution in [0.15, 0.2) is 54.6 Å². The molecular formula is C21H26N2O5. The van der Waals surface area contributed by atoms with Crippen molar-refractivity contribution in [2.75, 3.05) is 18.5 Å². The number of aryl methyl sites for hydroxylation is 1. The van der Waals surface area contributed by atoms with E-state index in [9.17, 15) is 14.7 Å². The Kier molecular flexibility index (Phi) is 7.83. The molecule has 2 amide bonds. The van der Waals surface area contributed by atoms with Gasteiger partial charge in [0, 0.05) is 5.69 Å². The van der Waals surface area contributed by atoms with E-state index < -0.39 is 24.1 Å². The Hall–Kier alpha value is -3.06. The molecule has 0 radical (unpaired) electrons. The molecular weight excluding hydrogens is 360 g/mol. The number of carbonyl (C=O) groups excluding carboxylic acids is 1. The van der Waals surface area contributed by atoms with Crippen molar-refractivity contribution in [3.8, 4) is 5.75 Å². The molecule has 4 N–H and O–H groups in total. The van der Waals surface area contributed by atoms with Crippen LogP contribution in [0.4, 0.5) is 10.5 Å². The van der Waals surface area contributed by atoms with Crippen LogP contribution in [-0.2, 0) is 11.2 Å². The third-order valence-corrected chi connectivity index (χ3v) is 4.28. The van der Waals surface area contributed by atoms with Crippen LogP contribution in [0.5, 0.6) is 5.75 Å². The van der Waals surface area contributed by atoms with Crippen molar-refractivity contribution in [1.29, 1.82) is 0 Å². The van der Waals surface area contributed by atoms with Gasteiger partial charge >= 0.3 is 6.09 Å².